The molecule has 1 rings (SSSR count). The number of halogens is 1. The molecule has 0 N–H and O–H groups in total. The van der Waals surface area contributed by atoms with Crippen LogP contribution in [0.1, 0.15) is 19.4 Å². The van der Waals surface area contributed by atoms with E-state index in [0.29, 0.717) is 34.7 Å². The summed E-state index contributed by atoms with van der Waals surface area (Å²) in [6.45, 7) is 4.08. The van der Waals surface area contributed by atoms with E-state index in [4.69, 9.17) is 19.5 Å². The van der Waals surface area contributed by atoms with Crippen molar-refractivity contribution in [1.82, 2.24) is 0 Å². The van der Waals surface area contributed by atoms with Gasteiger partial charge in [-0.15, -0.1) is 0 Å². The Morgan fingerprint density at radius 2 is 1.95 bits per heavy atom. The van der Waals surface area contributed by atoms with E-state index in [9.17, 15) is 4.79 Å². The van der Waals surface area contributed by atoms with Crippen LogP contribution in [0.5, 0.6) is 11.5 Å². The van der Waals surface area contributed by atoms with Crippen molar-refractivity contribution in [3.05, 3.63) is 22.2 Å². The van der Waals surface area contributed by atoms with Crippen LogP contribution in [0.4, 0.5) is 0 Å². The van der Waals surface area contributed by atoms with Gasteiger partial charge in [-0.3, -0.25) is 0 Å². The van der Waals surface area contributed by atoms with Crippen LogP contribution in [-0.2, 0) is 9.53 Å². The molecule has 0 aliphatic heterocycles. The first-order valence-electron chi connectivity index (χ1n) is 5.77. The van der Waals surface area contributed by atoms with E-state index >= 15 is 0 Å². The fraction of sp³-hybridized carbons (Fsp3) is 0.385. The van der Waals surface area contributed by atoms with Crippen LogP contribution in [0.2, 0.25) is 0 Å². The second-order valence-electron chi connectivity index (χ2n) is 3.42. The second kappa shape index (κ2) is 7.64. The van der Waals surface area contributed by atoms with Crippen LogP contribution >= 0.6 is 15.9 Å². The van der Waals surface area contributed by atoms with E-state index in [1.165, 1.54) is 0 Å². The van der Waals surface area contributed by atoms with Gasteiger partial charge in [-0.1, -0.05) is 0 Å². The normalized spacial score (nSPS) is 9.58. The van der Waals surface area contributed by atoms with Gasteiger partial charge in [0.15, 0.2) is 18.1 Å². The lowest BCUT2D eigenvalue weighted by Crippen LogP contribution is -2.15. The number of carbonyl (C=O) groups is 1. The van der Waals surface area contributed by atoms with Crippen molar-refractivity contribution in [2.45, 2.75) is 13.8 Å². The topological polar surface area (TPSA) is 68.5 Å². The highest BCUT2D eigenvalue weighted by molar-refractivity contribution is 9.10. The number of rotatable bonds is 6. The van der Waals surface area contributed by atoms with Gasteiger partial charge >= 0.3 is 5.97 Å². The number of esters is 1. The molecule has 102 valence electrons. The molecule has 0 fully saturated rings. The van der Waals surface area contributed by atoms with Crippen molar-refractivity contribution >= 4 is 21.9 Å². The van der Waals surface area contributed by atoms with Gasteiger partial charge in [0.2, 0.25) is 0 Å². The summed E-state index contributed by atoms with van der Waals surface area (Å²) in [5, 5.41) is 8.94. The monoisotopic (exact) mass is 327 g/mol. The molecule has 0 aliphatic carbocycles. The Hall–Kier alpha value is -1.74. The van der Waals surface area contributed by atoms with Gasteiger partial charge in [-0.2, -0.15) is 5.26 Å². The molecule has 0 spiro atoms. The van der Waals surface area contributed by atoms with Gasteiger partial charge in [0.25, 0.3) is 0 Å². The van der Waals surface area contributed by atoms with Crippen LogP contribution in [0.25, 0.3) is 0 Å². The molecule has 0 saturated carbocycles. The predicted molar refractivity (Wildman–Crippen MR) is 72.2 cm³/mol. The van der Waals surface area contributed by atoms with Crippen LogP contribution in [-0.4, -0.2) is 25.8 Å². The molecular formula is C13H14BrNO4. The highest BCUT2D eigenvalue weighted by atomic mass is 79.9. The van der Waals surface area contributed by atoms with Crippen molar-refractivity contribution < 1.29 is 19.0 Å². The van der Waals surface area contributed by atoms with Crippen molar-refractivity contribution in [3.8, 4) is 17.6 Å². The minimum absolute atomic E-state index is 0.202. The van der Waals surface area contributed by atoms with Crippen molar-refractivity contribution in [1.29, 1.82) is 5.26 Å². The van der Waals surface area contributed by atoms with Gasteiger partial charge in [-0.05, 0) is 35.8 Å². The Labute approximate surface area is 120 Å². The van der Waals surface area contributed by atoms with E-state index in [2.05, 4.69) is 15.9 Å². The summed E-state index contributed by atoms with van der Waals surface area (Å²) in [6, 6.07) is 5.20. The molecule has 0 saturated heterocycles. The lowest BCUT2D eigenvalue weighted by atomic mass is 10.2. The van der Waals surface area contributed by atoms with Crippen LogP contribution in [0, 0.1) is 11.3 Å². The van der Waals surface area contributed by atoms with E-state index < -0.39 is 5.97 Å². The predicted octanol–water partition coefficient (Wildman–Crippen LogP) is 2.66. The SMILES string of the molecule is CCOC(=O)COc1cc(Br)c(C#N)cc1OCC. The molecule has 19 heavy (non-hydrogen) atoms. The Balaban J connectivity index is 2.89. The molecule has 1 aromatic carbocycles. The number of carbonyl (C=O) groups excluding carboxylic acids is 1. The van der Waals surface area contributed by atoms with E-state index in [1.807, 2.05) is 13.0 Å². The van der Waals surface area contributed by atoms with Crippen LogP contribution in [0.3, 0.4) is 0 Å². The number of hydrogen-bond acceptors (Lipinski definition) is 5. The average Bonchev–Trinajstić information content (AvgIpc) is 2.39. The number of ether oxygens (including phenoxy) is 3. The molecule has 0 aromatic heterocycles. The second-order valence-corrected chi connectivity index (χ2v) is 4.27. The smallest absolute Gasteiger partial charge is 0.344 e. The van der Waals surface area contributed by atoms with Gasteiger partial charge in [0, 0.05) is 10.5 Å². The summed E-state index contributed by atoms with van der Waals surface area (Å²) >= 11 is 3.26. The zero-order chi connectivity index (χ0) is 14.3. The fourth-order valence-electron chi connectivity index (χ4n) is 1.34. The molecular weight excluding hydrogens is 314 g/mol. The van der Waals surface area contributed by atoms with E-state index in [1.54, 1.807) is 19.1 Å². The highest BCUT2D eigenvalue weighted by Crippen LogP contribution is 2.33. The highest BCUT2D eigenvalue weighted by Gasteiger charge is 2.12. The molecule has 0 bridgehead atoms. The Morgan fingerprint density at radius 1 is 1.26 bits per heavy atom. The zero-order valence-electron chi connectivity index (χ0n) is 10.7. The first-order chi connectivity index (χ1) is 9.12. The molecule has 0 atom stereocenters. The van der Waals surface area contributed by atoms with Crippen molar-refractivity contribution in [3.63, 3.8) is 0 Å². The summed E-state index contributed by atoms with van der Waals surface area (Å²) in [7, 11) is 0. The molecule has 0 radical (unpaired) electrons. The maximum Gasteiger partial charge on any atom is 0.344 e. The molecule has 1 aromatic rings. The van der Waals surface area contributed by atoms with Crippen molar-refractivity contribution in [2.24, 2.45) is 0 Å². The first-order valence-corrected chi connectivity index (χ1v) is 6.56. The molecule has 5 nitrogen and oxygen atoms in total. The Kier molecular flexibility index (Phi) is 6.16. The standard InChI is InChI=1S/C13H14BrNO4/c1-3-17-11-5-9(7-15)10(14)6-12(11)19-8-13(16)18-4-2/h5-6H,3-4,8H2,1-2H3. The van der Waals surface area contributed by atoms with Crippen molar-refractivity contribution in [2.75, 3.05) is 19.8 Å². The van der Waals surface area contributed by atoms with Gasteiger partial charge in [-0.25, -0.2) is 4.79 Å². The Bertz CT molecular complexity index is 496. The Morgan fingerprint density at radius 3 is 2.53 bits per heavy atom. The third-order valence-corrected chi connectivity index (χ3v) is 2.76. The summed E-state index contributed by atoms with van der Waals surface area (Å²) in [5.74, 6) is 0.359. The quantitative estimate of drug-likeness (QED) is 0.751. The number of nitrogens with zero attached hydrogens (tertiary/aromatic N) is 1. The lowest BCUT2D eigenvalue weighted by molar-refractivity contribution is -0.145. The number of hydrogen-bond donors (Lipinski definition) is 0. The molecule has 0 heterocycles. The van der Waals surface area contributed by atoms with Crippen LogP contribution < -0.4 is 9.47 Å². The molecule has 6 heteroatoms. The minimum atomic E-state index is -0.453. The minimum Gasteiger partial charge on any atom is -0.490 e. The van der Waals surface area contributed by atoms with E-state index in [0.717, 1.165) is 0 Å². The van der Waals surface area contributed by atoms with Gasteiger partial charge in [0.05, 0.1) is 18.8 Å². The largest absolute Gasteiger partial charge is 0.490 e. The van der Waals surface area contributed by atoms with Gasteiger partial charge < -0.3 is 14.2 Å². The van der Waals surface area contributed by atoms with E-state index in [-0.39, 0.29) is 6.61 Å². The first kappa shape index (κ1) is 15.3. The fourth-order valence-corrected chi connectivity index (χ4v) is 1.75. The number of benzene rings is 1. The molecule has 0 aliphatic rings. The third kappa shape index (κ3) is 4.45. The average molecular weight is 328 g/mol. The summed E-state index contributed by atoms with van der Waals surface area (Å²) in [6.07, 6.45) is 0. The van der Waals surface area contributed by atoms with Gasteiger partial charge in [0.1, 0.15) is 6.07 Å². The number of nitriles is 1. The zero-order valence-corrected chi connectivity index (χ0v) is 12.3. The summed E-state index contributed by atoms with van der Waals surface area (Å²) in [4.78, 5) is 11.2. The molecule has 0 unspecified atom stereocenters. The van der Waals surface area contributed by atoms with Crippen LogP contribution in [0.15, 0.2) is 16.6 Å². The third-order valence-electron chi connectivity index (χ3n) is 2.10. The molecule has 0 amide bonds. The lowest BCUT2D eigenvalue weighted by Gasteiger charge is -2.12. The maximum absolute atomic E-state index is 11.2. The summed E-state index contributed by atoms with van der Waals surface area (Å²) in [5.41, 5.74) is 0.437. The summed E-state index contributed by atoms with van der Waals surface area (Å²) < 4.78 is 16.1. The maximum atomic E-state index is 11.2.